The smallest absolute Gasteiger partial charge is 0.116 e. The summed E-state index contributed by atoms with van der Waals surface area (Å²) in [6.45, 7) is 0.760. The maximum atomic E-state index is 5.53. The van der Waals surface area contributed by atoms with Crippen LogP contribution in [0.15, 0.2) is 27.8 Å². The number of nitrogens with one attached hydrogen (secondary N) is 1. The lowest BCUT2D eigenvalue weighted by atomic mass is 10.2. The Bertz CT molecular complexity index is 350. The summed E-state index contributed by atoms with van der Waals surface area (Å²) in [4.78, 5) is 1.15. The molecule has 1 aromatic heterocycles. The Labute approximate surface area is 95.0 Å². The van der Waals surface area contributed by atoms with Crippen LogP contribution in [-0.2, 0) is 4.74 Å². The molecule has 1 aliphatic heterocycles. The van der Waals surface area contributed by atoms with Crippen molar-refractivity contribution in [2.45, 2.75) is 12.5 Å². The van der Waals surface area contributed by atoms with Gasteiger partial charge in [-0.1, -0.05) is 0 Å². The van der Waals surface area contributed by atoms with Gasteiger partial charge in [-0.05, 0) is 33.5 Å². The van der Waals surface area contributed by atoms with Crippen molar-refractivity contribution in [1.29, 1.82) is 0 Å². The van der Waals surface area contributed by atoms with Crippen LogP contribution in [0.4, 0.5) is 0 Å². The number of rotatable bonds is 3. The number of ether oxygens (including phenoxy) is 1. The van der Waals surface area contributed by atoms with Gasteiger partial charge in [-0.25, -0.2) is 5.43 Å². The van der Waals surface area contributed by atoms with Crippen molar-refractivity contribution in [3.63, 3.8) is 0 Å². The van der Waals surface area contributed by atoms with E-state index < -0.39 is 0 Å². The first-order valence-electron chi connectivity index (χ1n) is 4.35. The second-order valence-corrected chi connectivity index (χ2v) is 4.78. The van der Waals surface area contributed by atoms with Gasteiger partial charge in [-0.3, -0.25) is 5.84 Å². The Morgan fingerprint density at radius 3 is 3.00 bits per heavy atom. The van der Waals surface area contributed by atoms with Gasteiger partial charge < -0.3 is 4.74 Å². The number of nitrogens with two attached hydrogens (primary N) is 1. The zero-order valence-electron chi connectivity index (χ0n) is 7.50. The van der Waals surface area contributed by atoms with Gasteiger partial charge >= 0.3 is 0 Å². The Balaban J connectivity index is 2.25. The third-order valence-electron chi connectivity index (χ3n) is 2.09. The molecule has 2 heterocycles. The van der Waals surface area contributed by atoms with Crippen LogP contribution >= 0.6 is 27.3 Å². The lowest BCUT2D eigenvalue weighted by Gasteiger charge is -2.16. The van der Waals surface area contributed by atoms with Crippen molar-refractivity contribution in [3.8, 4) is 0 Å². The molecule has 76 valence electrons. The number of hydrogen-bond donors (Lipinski definition) is 2. The number of halogens is 1. The number of hydrogen-bond acceptors (Lipinski definition) is 4. The topological polar surface area (TPSA) is 47.3 Å². The van der Waals surface area contributed by atoms with E-state index in [9.17, 15) is 0 Å². The van der Waals surface area contributed by atoms with Gasteiger partial charge in [-0.15, -0.1) is 11.3 Å². The maximum Gasteiger partial charge on any atom is 0.116 e. The van der Waals surface area contributed by atoms with Crippen LogP contribution < -0.4 is 11.3 Å². The van der Waals surface area contributed by atoms with Gasteiger partial charge in [0.05, 0.1) is 6.61 Å². The van der Waals surface area contributed by atoms with Crippen molar-refractivity contribution >= 4 is 27.3 Å². The zero-order valence-corrected chi connectivity index (χ0v) is 9.90. The van der Waals surface area contributed by atoms with Gasteiger partial charge in [0.25, 0.3) is 0 Å². The standard InChI is InChI=1S/C9H11BrN2OS/c10-6-3-5-14-9(6)8(12-11)7-2-1-4-13-7/h2-3,5,8,12H,1,4,11H2. The molecule has 1 unspecified atom stereocenters. The molecule has 2 rings (SSSR count). The highest BCUT2D eigenvalue weighted by atomic mass is 79.9. The van der Waals surface area contributed by atoms with Gasteiger partial charge in [0.2, 0.25) is 0 Å². The lowest BCUT2D eigenvalue weighted by molar-refractivity contribution is 0.216. The quantitative estimate of drug-likeness (QED) is 0.657. The molecule has 14 heavy (non-hydrogen) atoms. The molecule has 0 radical (unpaired) electrons. The largest absolute Gasteiger partial charge is 0.496 e. The van der Waals surface area contributed by atoms with Gasteiger partial charge in [0, 0.05) is 15.8 Å². The summed E-state index contributed by atoms with van der Waals surface area (Å²) in [6, 6.07) is 1.99. The predicted octanol–water partition coefficient (Wildman–Crippen LogP) is 2.32. The average Bonchev–Trinajstić information content (AvgIpc) is 2.80. The second kappa shape index (κ2) is 4.44. The molecule has 0 fully saturated rings. The molecular formula is C9H11BrN2OS. The van der Waals surface area contributed by atoms with Crippen LogP contribution in [0.1, 0.15) is 17.3 Å². The minimum atomic E-state index is -0.0214. The number of thiophene rings is 1. The molecule has 0 aromatic carbocycles. The summed E-state index contributed by atoms with van der Waals surface area (Å²) < 4.78 is 6.56. The highest BCUT2D eigenvalue weighted by molar-refractivity contribution is 9.10. The fraction of sp³-hybridized carbons (Fsp3) is 0.333. The van der Waals surface area contributed by atoms with Gasteiger partial charge in [0.15, 0.2) is 0 Å². The average molecular weight is 275 g/mol. The Kier molecular flexibility index (Phi) is 3.22. The fourth-order valence-corrected chi connectivity index (χ4v) is 3.10. The first-order chi connectivity index (χ1) is 6.83. The van der Waals surface area contributed by atoms with Crippen LogP contribution in [0.2, 0.25) is 0 Å². The van der Waals surface area contributed by atoms with E-state index in [1.165, 1.54) is 0 Å². The molecule has 0 spiro atoms. The molecule has 0 bridgehead atoms. The van der Waals surface area contributed by atoms with Gasteiger partial charge in [-0.2, -0.15) is 0 Å². The molecule has 0 amide bonds. The lowest BCUT2D eigenvalue weighted by Crippen LogP contribution is -2.29. The normalized spacial score (nSPS) is 17.7. The van der Waals surface area contributed by atoms with E-state index in [4.69, 9.17) is 10.6 Å². The van der Waals surface area contributed by atoms with Crippen molar-refractivity contribution < 1.29 is 4.74 Å². The summed E-state index contributed by atoms with van der Waals surface area (Å²) in [5.41, 5.74) is 2.77. The van der Waals surface area contributed by atoms with Gasteiger partial charge in [0.1, 0.15) is 11.8 Å². The summed E-state index contributed by atoms with van der Waals surface area (Å²) in [5.74, 6) is 6.45. The van der Waals surface area contributed by atoms with Crippen LogP contribution in [0, 0.1) is 0 Å². The molecule has 3 nitrogen and oxygen atoms in total. The Hall–Kier alpha value is -0.360. The first kappa shape index (κ1) is 10.2. The van der Waals surface area contributed by atoms with Crippen molar-refractivity contribution in [3.05, 3.63) is 32.6 Å². The van der Waals surface area contributed by atoms with E-state index in [0.717, 1.165) is 28.1 Å². The zero-order chi connectivity index (χ0) is 9.97. The molecule has 0 aliphatic carbocycles. The summed E-state index contributed by atoms with van der Waals surface area (Å²) >= 11 is 5.15. The fourth-order valence-electron chi connectivity index (χ4n) is 1.44. The predicted molar refractivity (Wildman–Crippen MR) is 60.7 cm³/mol. The van der Waals surface area contributed by atoms with E-state index >= 15 is 0 Å². The van der Waals surface area contributed by atoms with E-state index in [1.807, 2.05) is 11.4 Å². The van der Waals surface area contributed by atoms with E-state index in [2.05, 4.69) is 27.4 Å². The third kappa shape index (κ3) is 1.86. The molecule has 3 N–H and O–H groups in total. The maximum absolute atomic E-state index is 5.53. The van der Waals surface area contributed by atoms with Crippen molar-refractivity contribution in [2.24, 2.45) is 5.84 Å². The third-order valence-corrected chi connectivity index (χ3v) is 4.03. The van der Waals surface area contributed by atoms with Crippen molar-refractivity contribution in [2.75, 3.05) is 6.61 Å². The highest BCUT2D eigenvalue weighted by Gasteiger charge is 2.22. The molecular weight excluding hydrogens is 264 g/mol. The van der Waals surface area contributed by atoms with Crippen LogP contribution in [-0.4, -0.2) is 6.61 Å². The monoisotopic (exact) mass is 274 g/mol. The van der Waals surface area contributed by atoms with Crippen LogP contribution in [0.5, 0.6) is 0 Å². The first-order valence-corrected chi connectivity index (χ1v) is 6.02. The Morgan fingerprint density at radius 2 is 2.50 bits per heavy atom. The summed E-state index contributed by atoms with van der Waals surface area (Å²) in [7, 11) is 0. The number of hydrazine groups is 1. The second-order valence-electron chi connectivity index (χ2n) is 2.98. The molecule has 1 aromatic rings. The molecule has 5 heteroatoms. The molecule has 0 saturated heterocycles. The van der Waals surface area contributed by atoms with Crippen LogP contribution in [0.25, 0.3) is 0 Å². The Morgan fingerprint density at radius 1 is 1.64 bits per heavy atom. The molecule has 1 aliphatic rings. The minimum Gasteiger partial charge on any atom is -0.496 e. The van der Waals surface area contributed by atoms with E-state index in [0.29, 0.717) is 0 Å². The minimum absolute atomic E-state index is 0.0214. The van der Waals surface area contributed by atoms with E-state index in [-0.39, 0.29) is 6.04 Å². The molecule has 0 saturated carbocycles. The highest BCUT2D eigenvalue weighted by Crippen LogP contribution is 2.34. The van der Waals surface area contributed by atoms with E-state index in [1.54, 1.807) is 11.3 Å². The summed E-state index contributed by atoms with van der Waals surface area (Å²) in [5, 5.41) is 2.03. The van der Waals surface area contributed by atoms with Crippen molar-refractivity contribution in [1.82, 2.24) is 5.43 Å². The molecule has 1 atom stereocenters. The van der Waals surface area contributed by atoms with Crippen LogP contribution in [0.3, 0.4) is 0 Å². The SMILES string of the molecule is NNC(C1=CCCO1)c1sccc1Br. The summed E-state index contributed by atoms with van der Waals surface area (Å²) in [6.07, 6.45) is 3.05.